The number of carbonyl (C=O) groups excluding carboxylic acids is 2. The fraction of sp³-hybridized carbons (Fsp3) is 0.115. The lowest BCUT2D eigenvalue weighted by Crippen LogP contribution is -2.10. The third-order valence-corrected chi connectivity index (χ3v) is 5.45. The predicted octanol–water partition coefficient (Wildman–Crippen LogP) is 5.68. The second kappa shape index (κ2) is 9.09. The predicted molar refractivity (Wildman–Crippen MR) is 124 cm³/mol. The van der Waals surface area contributed by atoms with Gasteiger partial charge in [-0.15, -0.1) is 0 Å². The molecule has 0 atom stereocenters. The Labute approximate surface area is 190 Å². The number of nitriles is 1. The lowest BCUT2D eigenvalue weighted by atomic mass is 10.0. The summed E-state index contributed by atoms with van der Waals surface area (Å²) in [6.07, 6.45) is -0.202. The van der Waals surface area contributed by atoms with Gasteiger partial charge in [0.25, 0.3) is 0 Å². The van der Waals surface area contributed by atoms with Crippen molar-refractivity contribution in [2.24, 2.45) is 0 Å². The van der Waals surface area contributed by atoms with Crippen LogP contribution < -0.4 is 4.74 Å². The number of nitrogens with zero attached hydrogens (tertiary/aromatic N) is 2. The molecule has 4 aromatic rings. The van der Waals surface area contributed by atoms with Gasteiger partial charge in [-0.3, -0.25) is 9.59 Å². The normalized spacial score (nSPS) is 10.7. The molecule has 4 rings (SSSR count). The summed E-state index contributed by atoms with van der Waals surface area (Å²) >= 11 is 6.07. The highest BCUT2D eigenvalue weighted by Gasteiger charge is 2.22. The molecule has 0 saturated carbocycles. The van der Waals surface area contributed by atoms with Crippen molar-refractivity contribution in [1.29, 1.82) is 5.26 Å². The maximum Gasteiger partial charge on any atom is 0.195 e. The fourth-order valence-electron chi connectivity index (χ4n) is 3.73. The monoisotopic (exact) mass is 442 g/mol. The highest BCUT2D eigenvalue weighted by atomic mass is 35.5. The Kier molecular flexibility index (Phi) is 6.07. The van der Waals surface area contributed by atoms with Crippen LogP contribution in [0.5, 0.6) is 5.75 Å². The molecule has 0 aliphatic rings. The summed E-state index contributed by atoms with van der Waals surface area (Å²) in [6.45, 7) is 1.71. The second-order valence-corrected chi connectivity index (χ2v) is 7.75. The molecule has 0 fully saturated rings. The van der Waals surface area contributed by atoms with Gasteiger partial charge in [-0.2, -0.15) is 5.26 Å². The number of carbonyl (C=O) groups is 2. The molecule has 3 aromatic carbocycles. The number of hydrogen-bond acceptors (Lipinski definition) is 4. The number of aromatic nitrogens is 1. The Morgan fingerprint density at radius 2 is 1.75 bits per heavy atom. The third kappa shape index (κ3) is 4.14. The highest BCUT2D eigenvalue weighted by molar-refractivity contribution is 6.30. The smallest absolute Gasteiger partial charge is 0.195 e. The molecule has 6 heteroatoms. The van der Waals surface area contributed by atoms with Crippen LogP contribution in [0, 0.1) is 18.3 Å². The van der Waals surface area contributed by atoms with Gasteiger partial charge >= 0.3 is 0 Å². The maximum absolute atomic E-state index is 13.5. The Bertz CT molecular complexity index is 1350. The van der Waals surface area contributed by atoms with Crippen molar-refractivity contribution in [2.75, 3.05) is 6.61 Å². The van der Waals surface area contributed by atoms with Crippen molar-refractivity contribution in [3.05, 3.63) is 94.6 Å². The van der Waals surface area contributed by atoms with Crippen molar-refractivity contribution < 1.29 is 14.3 Å². The van der Waals surface area contributed by atoms with E-state index in [0.29, 0.717) is 21.9 Å². The van der Waals surface area contributed by atoms with E-state index in [1.54, 1.807) is 36.4 Å². The lowest BCUT2D eigenvalue weighted by Gasteiger charge is -2.09. The van der Waals surface area contributed by atoms with Gasteiger partial charge in [0.1, 0.15) is 12.4 Å². The number of ether oxygens (including phenoxy) is 1. The lowest BCUT2D eigenvalue weighted by molar-refractivity contribution is -0.120. The molecule has 158 valence electrons. The molecule has 5 nitrogen and oxygen atoms in total. The molecule has 0 unspecified atom stereocenters. The quantitative estimate of drug-likeness (QED) is 0.345. The summed E-state index contributed by atoms with van der Waals surface area (Å²) < 4.78 is 7.61. The van der Waals surface area contributed by atoms with Gasteiger partial charge in [-0.05, 0) is 49.4 Å². The first-order chi connectivity index (χ1) is 15.5. The largest absolute Gasteiger partial charge is 0.486 e. The molecular weight excluding hydrogens is 424 g/mol. The molecule has 0 aliphatic heterocycles. The Hall–Kier alpha value is -3.88. The molecule has 0 amide bonds. The summed E-state index contributed by atoms with van der Waals surface area (Å²) in [6, 6.07) is 23.7. The topological polar surface area (TPSA) is 72.1 Å². The zero-order valence-electron chi connectivity index (χ0n) is 17.3. The van der Waals surface area contributed by atoms with Crippen LogP contribution >= 0.6 is 11.6 Å². The van der Waals surface area contributed by atoms with Crippen LogP contribution in [0.1, 0.15) is 28.0 Å². The van der Waals surface area contributed by atoms with E-state index in [2.05, 4.69) is 0 Å². The molecule has 0 radical (unpaired) electrons. The van der Waals surface area contributed by atoms with Crippen LogP contribution in [0.15, 0.2) is 72.8 Å². The van der Waals surface area contributed by atoms with E-state index in [4.69, 9.17) is 21.6 Å². The molecule has 0 bridgehead atoms. The molecule has 0 aliphatic carbocycles. The number of rotatable bonds is 7. The SMILES string of the molecule is Cc1c(C(=O)c2ccccc2)c2cc(OCC(=O)CC#N)ccc2n1-c1ccc(Cl)cc1. The second-order valence-electron chi connectivity index (χ2n) is 7.31. The molecule has 32 heavy (non-hydrogen) atoms. The molecule has 0 N–H and O–H groups in total. The minimum atomic E-state index is -0.303. The van der Waals surface area contributed by atoms with Gasteiger partial charge in [0, 0.05) is 27.4 Å². The van der Waals surface area contributed by atoms with Gasteiger partial charge < -0.3 is 9.30 Å². The Morgan fingerprint density at radius 1 is 1.03 bits per heavy atom. The van der Waals surface area contributed by atoms with E-state index >= 15 is 0 Å². The third-order valence-electron chi connectivity index (χ3n) is 5.20. The van der Waals surface area contributed by atoms with E-state index in [0.717, 1.165) is 22.3 Å². The standard InChI is InChI=1S/C26H19ClN2O3/c1-17-25(26(31)18-5-3-2-4-6-18)23-15-22(32-16-21(30)13-14-28)11-12-24(23)29(17)20-9-7-19(27)8-10-20/h2-12,15H,13,16H2,1H3. The van der Waals surface area contributed by atoms with Gasteiger partial charge in [-0.25, -0.2) is 0 Å². The van der Waals surface area contributed by atoms with Crippen molar-refractivity contribution in [2.45, 2.75) is 13.3 Å². The van der Waals surface area contributed by atoms with E-state index in [9.17, 15) is 9.59 Å². The van der Waals surface area contributed by atoms with Crippen molar-refractivity contribution in [3.8, 4) is 17.5 Å². The van der Waals surface area contributed by atoms with Crippen LogP contribution in [0.25, 0.3) is 16.6 Å². The van der Waals surface area contributed by atoms with E-state index in [-0.39, 0.29) is 24.6 Å². The number of benzene rings is 3. The number of hydrogen-bond donors (Lipinski definition) is 0. The number of fused-ring (bicyclic) bond motifs is 1. The van der Waals surface area contributed by atoms with E-state index in [1.165, 1.54) is 0 Å². The Morgan fingerprint density at radius 3 is 2.44 bits per heavy atom. The number of ketones is 2. The average Bonchev–Trinajstić information content (AvgIpc) is 3.09. The van der Waals surface area contributed by atoms with Crippen molar-refractivity contribution >= 4 is 34.1 Å². The van der Waals surface area contributed by atoms with Crippen LogP contribution in [0.4, 0.5) is 0 Å². The van der Waals surface area contributed by atoms with Gasteiger partial charge in [0.05, 0.1) is 23.6 Å². The highest BCUT2D eigenvalue weighted by Crippen LogP contribution is 2.33. The first-order valence-corrected chi connectivity index (χ1v) is 10.4. The molecule has 1 aromatic heterocycles. The summed E-state index contributed by atoms with van der Waals surface area (Å²) in [5, 5.41) is 10.0. The molecule has 0 saturated heterocycles. The summed E-state index contributed by atoms with van der Waals surface area (Å²) in [7, 11) is 0. The first kappa shape index (κ1) is 21.4. The molecule has 1 heterocycles. The summed E-state index contributed by atoms with van der Waals surface area (Å²) in [5.74, 6) is 0.0563. The fourth-order valence-corrected chi connectivity index (χ4v) is 3.86. The minimum absolute atomic E-state index is 0.0986. The number of Topliss-reactive ketones (excluding diaryl/α,β-unsaturated/α-hetero) is 1. The Balaban J connectivity index is 1.87. The summed E-state index contributed by atoms with van der Waals surface area (Å²) in [4.78, 5) is 25.2. The van der Waals surface area contributed by atoms with Crippen LogP contribution in [-0.4, -0.2) is 22.7 Å². The summed E-state index contributed by atoms with van der Waals surface area (Å²) in [5.41, 5.74) is 3.65. The zero-order chi connectivity index (χ0) is 22.7. The molecular formula is C26H19ClN2O3. The van der Waals surface area contributed by atoms with E-state index < -0.39 is 0 Å². The van der Waals surface area contributed by atoms with Crippen molar-refractivity contribution in [1.82, 2.24) is 4.57 Å². The zero-order valence-corrected chi connectivity index (χ0v) is 18.1. The van der Waals surface area contributed by atoms with Gasteiger partial charge in [-0.1, -0.05) is 41.9 Å². The van der Waals surface area contributed by atoms with Crippen LogP contribution in [0.2, 0.25) is 5.02 Å². The van der Waals surface area contributed by atoms with Crippen LogP contribution in [-0.2, 0) is 4.79 Å². The maximum atomic E-state index is 13.5. The van der Waals surface area contributed by atoms with Gasteiger partial charge in [0.2, 0.25) is 0 Å². The average molecular weight is 443 g/mol. The van der Waals surface area contributed by atoms with E-state index in [1.807, 2.05) is 54.0 Å². The van der Waals surface area contributed by atoms with Crippen LogP contribution in [0.3, 0.4) is 0 Å². The number of halogens is 1. The first-order valence-electron chi connectivity index (χ1n) is 10.0. The van der Waals surface area contributed by atoms with Gasteiger partial charge in [0.15, 0.2) is 11.6 Å². The molecule has 0 spiro atoms. The minimum Gasteiger partial charge on any atom is -0.486 e. The van der Waals surface area contributed by atoms with Crippen molar-refractivity contribution in [3.63, 3.8) is 0 Å².